The number of benzene rings is 1. The van der Waals surface area contributed by atoms with E-state index in [1.165, 1.54) is 23.3 Å². The quantitative estimate of drug-likeness (QED) is 0.476. The van der Waals surface area contributed by atoms with Gasteiger partial charge in [-0.15, -0.1) is 0 Å². The number of hydrogen-bond acceptors (Lipinski definition) is 6. The Morgan fingerprint density at radius 1 is 1.09 bits per heavy atom. The van der Waals surface area contributed by atoms with Gasteiger partial charge in [0.25, 0.3) is 0 Å². The van der Waals surface area contributed by atoms with Gasteiger partial charge < -0.3 is 10.1 Å². The SMILES string of the molecule is O=C(NCc1ccc(Oc2ccc(C(F)(F)F)nc2)cc1)C1CC=NN1c1ncc(Cl)cc1Cl. The van der Waals surface area contributed by atoms with E-state index in [2.05, 4.69) is 20.4 Å². The first-order valence-corrected chi connectivity index (χ1v) is 10.7. The summed E-state index contributed by atoms with van der Waals surface area (Å²) in [6.07, 6.45) is -0.0759. The molecule has 1 aliphatic heterocycles. The molecule has 1 atom stereocenters. The second-order valence-corrected chi connectivity index (χ2v) is 8.04. The van der Waals surface area contributed by atoms with Gasteiger partial charge in [0, 0.05) is 25.4 Å². The molecule has 0 saturated carbocycles. The number of anilines is 1. The van der Waals surface area contributed by atoms with Gasteiger partial charge in [0.15, 0.2) is 5.82 Å². The van der Waals surface area contributed by atoms with Crippen molar-refractivity contribution in [2.75, 3.05) is 5.01 Å². The minimum absolute atomic E-state index is 0.171. The van der Waals surface area contributed by atoms with E-state index in [0.29, 0.717) is 23.0 Å². The topological polar surface area (TPSA) is 79.7 Å². The van der Waals surface area contributed by atoms with Crippen LogP contribution in [0.5, 0.6) is 11.5 Å². The summed E-state index contributed by atoms with van der Waals surface area (Å²) in [6, 6.07) is 9.70. The van der Waals surface area contributed by atoms with E-state index < -0.39 is 17.9 Å². The molecule has 1 N–H and O–H groups in total. The van der Waals surface area contributed by atoms with Crippen LogP contribution in [0.25, 0.3) is 0 Å². The molecule has 0 fully saturated rings. The number of hydrogen-bond donors (Lipinski definition) is 1. The molecule has 0 spiro atoms. The predicted molar refractivity (Wildman–Crippen MR) is 121 cm³/mol. The lowest BCUT2D eigenvalue weighted by atomic mass is 10.2. The number of nitrogens with one attached hydrogen (secondary N) is 1. The Morgan fingerprint density at radius 3 is 2.47 bits per heavy atom. The van der Waals surface area contributed by atoms with Crippen molar-refractivity contribution in [3.8, 4) is 11.5 Å². The average molecular weight is 510 g/mol. The largest absolute Gasteiger partial charge is 0.456 e. The van der Waals surface area contributed by atoms with Crippen molar-refractivity contribution in [3.05, 3.63) is 76.2 Å². The van der Waals surface area contributed by atoms with Crippen LogP contribution < -0.4 is 15.1 Å². The lowest BCUT2D eigenvalue weighted by Crippen LogP contribution is -2.42. The van der Waals surface area contributed by atoms with Crippen LogP contribution in [0.1, 0.15) is 17.7 Å². The van der Waals surface area contributed by atoms with Crippen molar-refractivity contribution < 1.29 is 22.7 Å². The highest BCUT2D eigenvalue weighted by Crippen LogP contribution is 2.31. The van der Waals surface area contributed by atoms with Gasteiger partial charge in [-0.05, 0) is 35.9 Å². The molecular weight excluding hydrogens is 494 g/mol. The molecule has 0 aliphatic carbocycles. The number of halogens is 5. The van der Waals surface area contributed by atoms with Crippen molar-refractivity contribution in [1.29, 1.82) is 0 Å². The highest BCUT2D eigenvalue weighted by molar-refractivity contribution is 6.36. The molecule has 4 rings (SSSR count). The second kappa shape index (κ2) is 9.86. The van der Waals surface area contributed by atoms with Crippen LogP contribution in [-0.4, -0.2) is 28.1 Å². The molecule has 12 heteroatoms. The third-order valence-corrected chi connectivity index (χ3v) is 5.28. The summed E-state index contributed by atoms with van der Waals surface area (Å²) in [6.45, 7) is 0.243. The van der Waals surface area contributed by atoms with Gasteiger partial charge in [-0.3, -0.25) is 4.79 Å². The predicted octanol–water partition coefficient (Wildman–Crippen LogP) is 5.48. The fourth-order valence-electron chi connectivity index (χ4n) is 3.14. The van der Waals surface area contributed by atoms with Crippen molar-refractivity contribution in [2.24, 2.45) is 5.10 Å². The number of rotatable bonds is 6. The minimum atomic E-state index is -4.51. The van der Waals surface area contributed by atoms with Gasteiger partial charge in [0.05, 0.1) is 16.2 Å². The zero-order chi connectivity index (χ0) is 24.3. The Morgan fingerprint density at radius 2 is 1.82 bits per heavy atom. The molecule has 1 aliphatic rings. The Bertz CT molecular complexity index is 1200. The molecule has 0 saturated heterocycles. The zero-order valence-corrected chi connectivity index (χ0v) is 18.8. The summed E-state index contributed by atoms with van der Waals surface area (Å²) in [4.78, 5) is 20.3. The summed E-state index contributed by atoms with van der Waals surface area (Å²) in [5.74, 6) is 0.654. The lowest BCUT2D eigenvalue weighted by molar-refractivity contribution is -0.141. The number of aromatic nitrogens is 2. The number of hydrazone groups is 1. The minimum Gasteiger partial charge on any atom is -0.456 e. The van der Waals surface area contributed by atoms with Crippen LogP contribution in [0.2, 0.25) is 10.0 Å². The molecule has 0 bridgehead atoms. The number of alkyl halides is 3. The fraction of sp³-hybridized carbons (Fsp3) is 0.182. The maximum Gasteiger partial charge on any atom is 0.433 e. The van der Waals surface area contributed by atoms with Crippen molar-refractivity contribution in [3.63, 3.8) is 0 Å². The van der Waals surface area contributed by atoms with Gasteiger partial charge in [-0.25, -0.2) is 15.0 Å². The van der Waals surface area contributed by atoms with Crippen LogP contribution in [0.15, 0.2) is 60.0 Å². The van der Waals surface area contributed by atoms with E-state index in [4.69, 9.17) is 27.9 Å². The van der Waals surface area contributed by atoms with Crippen LogP contribution in [0.3, 0.4) is 0 Å². The molecule has 176 valence electrons. The van der Waals surface area contributed by atoms with Crippen molar-refractivity contribution in [2.45, 2.75) is 25.2 Å². The first kappa shape index (κ1) is 23.8. The second-order valence-electron chi connectivity index (χ2n) is 7.19. The molecule has 3 heterocycles. The van der Waals surface area contributed by atoms with Crippen molar-refractivity contribution >= 4 is 41.1 Å². The average Bonchev–Trinajstić information content (AvgIpc) is 3.28. The normalized spacial score (nSPS) is 15.4. The molecule has 3 aromatic rings. The van der Waals surface area contributed by atoms with E-state index >= 15 is 0 Å². The smallest absolute Gasteiger partial charge is 0.433 e. The number of ether oxygens (including phenoxy) is 1. The Labute approximate surface area is 202 Å². The Hall–Kier alpha value is -3.37. The molecular formula is C22H16Cl2F3N5O2. The third-order valence-electron chi connectivity index (χ3n) is 4.79. The van der Waals surface area contributed by atoms with Crippen LogP contribution in [0.4, 0.5) is 19.0 Å². The highest BCUT2D eigenvalue weighted by Gasteiger charge is 2.32. The van der Waals surface area contributed by atoms with Crippen LogP contribution >= 0.6 is 23.2 Å². The van der Waals surface area contributed by atoms with Gasteiger partial charge >= 0.3 is 6.18 Å². The monoisotopic (exact) mass is 509 g/mol. The highest BCUT2D eigenvalue weighted by atomic mass is 35.5. The summed E-state index contributed by atoms with van der Waals surface area (Å²) >= 11 is 12.1. The lowest BCUT2D eigenvalue weighted by Gasteiger charge is -2.22. The standard InChI is InChI=1S/C22H16Cl2F3N5O2/c23-14-9-17(24)20(29-11-14)32-18(7-8-31-32)21(33)30-10-13-1-3-15(4-2-13)34-16-5-6-19(28-12-16)22(25,26)27/h1-6,8-9,11-12,18H,7,10H2,(H,30,33). The first-order chi connectivity index (χ1) is 16.2. The number of carbonyl (C=O) groups excluding carboxylic acids is 1. The van der Waals surface area contributed by atoms with Gasteiger partial charge in [-0.1, -0.05) is 35.3 Å². The molecule has 0 radical (unpaired) electrons. The fourth-order valence-corrected chi connectivity index (χ4v) is 3.61. The summed E-state index contributed by atoms with van der Waals surface area (Å²) < 4.78 is 43.3. The van der Waals surface area contributed by atoms with E-state index in [1.54, 1.807) is 30.5 Å². The molecule has 1 unspecified atom stereocenters. The Kier molecular flexibility index (Phi) is 6.90. The maximum atomic E-state index is 12.7. The number of nitrogens with zero attached hydrogens (tertiary/aromatic N) is 4. The molecule has 34 heavy (non-hydrogen) atoms. The van der Waals surface area contributed by atoms with Crippen LogP contribution in [-0.2, 0) is 17.5 Å². The summed E-state index contributed by atoms with van der Waals surface area (Å²) in [7, 11) is 0. The van der Waals surface area contributed by atoms with Crippen LogP contribution in [0, 0.1) is 0 Å². The van der Waals surface area contributed by atoms with Gasteiger partial charge in [0.2, 0.25) is 5.91 Å². The maximum absolute atomic E-state index is 12.7. The van der Waals surface area contributed by atoms with E-state index in [1.807, 2.05) is 0 Å². The molecule has 1 aromatic carbocycles. The molecule has 7 nitrogen and oxygen atoms in total. The Balaban J connectivity index is 1.33. The molecule has 2 aromatic heterocycles. The van der Waals surface area contributed by atoms with E-state index in [-0.39, 0.29) is 23.2 Å². The number of pyridine rings is 2. The molecule has 1 amide bonds. The van der Waals surface area contributed by atoms with E-state index in [9.17, 15) is 18.0 Å². The third kappa shape index (κ3) is 5.57. The number of carbonyl (C=O) groups is 1. The van der Waals surface area contributed by atoms with Gasteiger partial charge in [0.1, 0.15) is 23.2 Å². The summed E-state index contributed by atoms with van der Waals surface area (Å²) in [5, 5.41) is 9.15. The van der Waals surface area contributed by atoms with E-state index in [0.717, 1.165) is 17.8 Å². The van der Waals surface area contributed by atoms with Crippen molar-refractivity contribution in [1.82, 2.24) is 15.3 Å². The number of amides is 1. The summed E-state index contributed by atoms with van der Waals surface area (Å²) in [5.41, 5.74) is -0.203. The zero-order valence-electron chi connectivity index (χ0n) is 17.3. The van der Waals surface area contributed by atoms with Gasteiger partial charge in [-0.2, -0.15) is 18.3 Å². The first-order valence-electron chi connectivity index (χ1n) is 9.91.